The van der Waals surface area contributed by atoms with Gasteiger partial charge in [-0.2, -0.15) is 0 Å². The molecule has 0 unspecified atom stereocenters. The number of hydrogen-bond acceptors (Lipinski definition) is 2. The van der Waals surface area contributed by atoms with Gasteiger partial charge in [-0.25, -0.2) is 13.6 Å². The van der Waals surface area contributed by atoms with E-state index in [1.807, 2.05) is 5.32 Å². The van der Waals surface area contributed by atoms with Crippen LogP contribution in [0.4, 0.5) is 13.6 Å². The molecule has 0 aliphatic carbocycles. The van der Waals surface area contributed by atoms with Crippen LogP contribution in [0.3, 0.4) is 0 Å². The lowest BCUT2D eigenvalue weighted by molar-refractivity contribution is 0.0497. The highest BCUT2D eigenvalue weighted by molar-refractivity contribution is 5.66. The number of alkyl carbamates (subject to hydrolysis) is 1. The van der Waals surface area contributed by atoms with E-state index in [2.05, 4.69) is 4.74 Å². The Morgan fingerprint density at radius 3 is 2.67 bits per heavy atom. The molecule has 0 spiro atoms. The van der Waals surface area contributed by atoms with E-state index in [0.717, 1.165) is 0 Å². The van der Waals surface area contributed by atoms with E-state index < -0.39 is 19.1 Å². The van der Waals surface area contributed by atoms with Crippen molar-refractivity contribution in [3.63, 3.8) is 0 Å². The summed E-state index contributed by atoms with van der Waals surface area (Å²) < 4.78 is 26.4. The quantitative estimate of drug-likeness (QED) is 0.608. The highest BCUT2D eigenvalue weighted by Crippen LogP contribution is 1.91. The Labute approximate surface area is 51.0 Å². The summed E-state index contributed by atoms with van der Waals surface area (Å²) in [7, 11) is 1.30. The Hall–Kier alpha value is -0.870. The van der Waals surface area contributed by atoms with Gasteiger partial charge >= 0.3 is 6.09 Å². The number of amides is 1. The third kappa shape index (κ3) is 4.99. The maximum absolute atomic E-state index is 11.2. The molecule has 0 atom stereocenters. The molecule has 0 rings (SSSR count). The molecule has 0 aliphatic rings. The molecule has 0 aliphatic heterocycles. The summed E-state index contributed by atoms with van der Waals surface area (Å²) in [5, 5.41) is 2.03. The molecule has 0 aromatic carbocycles. The van der Waals surface area contributed by atoms with Crippen LogP contribution in [-0.4, -0.2) is 26.2 Å². The molecule has 5 heteroatoms. The van der Waals surface area contributed by atoms with E-state index in [1.54, 1.807) is 0 Å². The summed E-state index contributed by atoms with van der Waals surface area (Å²) in [5.41, 5.74) is 0. The second kappa shape index (κ2) is 4.05. The lowest BCUT2D eigenvalue weighted by atomic mass is 10.8. The van der Waals surface area contributed by atoms with Crippen molar-refractivity contribution in [3.8, 4) is 0 Å². The molecule has 0 saturated carbocycles. The maximum atomic E-state index is 11.2. The summed E-state index contributed by atoms with van der Waals surface area (Å²) in [4.78, 5) is 10.0. The Bertz CT molecular complexity index is 96.6. The molecule has 0 aromatic rings. The number of carbonyl (C=O) groups excluding carboxylic acids is 1. The van der Waals surface area contributed by atoms with Gasteiger partial charge < -0.3 is 10.1 Å². The molecule has 3 nitrogen and oxygen atoms in total. The van der Waals surface area contributed by atoms with Crippen molar-refractivity contribution < 1.29 is 18.3 Å². The third-order valence-electron chi connectivity index (χ3n) is 0.545. The molecule has 0 heterocycles. The van der Waals surface area contributed by atoms with Crippen molar-refractivity contribution in [2.24, 2.45) is 0 Å². The number of halogens is 2. The summed E-state index contributed by atoms with van der Waals surface area (Å²) in [5.74, 6) is 0. The summed E-state index contributed by atoms with van der Waals surface area (Å²) in [6, 6.07) is 0. The van der Waals surface area contributed by atoms with E-state index in [0.29, 0.717) is 0 Å². The third-order valence-corrected chi connectivity index (χ3v) is 0.545. The van der Waals surface area contributed by atoms with E-state index in [4.69, 9.17) is 0 Å². The number of hydrogen-bond donors (Lipinski definition) is 1. The van der Waals surface area contributed by atoms with E-state index in [9.17, 15) is 13.6 Å². The first kappa shape index (κ1) is 8.13. The van der Waals surface area contributed by atoms with E-state index >= 15 is 0 Å². The number of nitrogens with one attached hydrogen (secondary N) is 1. The summed E-state index contributed by atoms with van der Waals surface area (Å²) >= 11 is 0. The normalized spacial score (nSPS) is 9.33. The predicted molar refractivity (Wildman–Crippen MR) is 26.4 cm³/mol. The molecular weight excluding hydrogens is 132 g/mol. The van der Waals surface area contributed by atoms with Gasteiger partial charge in [0, 0.05) is 7.05 Å². The molecule has 1 N–H and O–H groups in total. The lowest BCUT2D eigenvalue weighted by Crippen LogP contribution is -2.21. The monoisotopic (exact) mass is 139 g/mol. The molecule has 0 bridgehead atoms. The number of carbonyl (C=O) groups is 1. The largest absolute Gasteiger partial charge is 0.443 e. The van der Waals surface area contributed by atoms with Crippen LogP contribution in [-0.2, 0) is 4.74 Å². The average molecular weight is 139 g/mol. The smallest absolute Gasteiger partial charge is 0.407 e. The molecule has 9 heavy (non-hydrogen) atoms. The van der Waals surface area contributed by atoms with Crippen molar-refractivity contribution in [1.29, 1.82) is 0 Å². The first-order valence-electron chi connectivity index (χ1n) is 2.29. The fraction of sp³-hybridized carbons (Fsp3) is 0.750. The van der Waals surface area contributed by atoms with Crippen molar-refractivity contribution in [2.75, 3.05) is 13.7 Å². The van der Waals surface area contributed by atoms with Crippen LogP contribution in [0.2, 0.25) is 0 Å². The standard InChI is InChI=1S/C4H7F2NO2/c1-7-4(8)9-2-3(5)6/h3H,2H2,1H3,(H,7,8). The predicted octanol–water partition coefficient (Wildman–Crippen LogP) is 0.607. The van der Waals surface area contributed by atoms with Crippen molar-refractivity contribution >= 4 is 6.09 Å². The number of rotatable bonds is 2. The SMILES string of the molecule is CNC(=O)OCC(F)F. The summed E-state index contributed by atoms with van der Waals surface area (Å²) in [6.07, 6.45) is -3.43. The van der Waals surface area contributed by atoms with Gasteiger partial charge in [0.25, 0.3) is 6.43 Å². The second-order valence-corrected chi connectivity index (χ2v) is 1.24. The second-order valence-electron chi connectivity index (χ2n) is 1.24. The molecule has 54 valence electrons. The highest BCUT2D eigenvalue weighted by Gasteiger charge is 2.04. The Kier molecular flexibility index (Phi) is 3.66. The van der Waals surface area contributed by atoms with Crippen LogP contribution < -0.4 is 5.32 Å². The molecule has 0 saturated heterocycles. The van der Waals surface area contributed by atoms with Crippen LogP contribution in [0.25, 0.3) is 0 Å². The molecule has 0 radical (unpaired) electrons. The highest BCUT2D eigenvalue weighted by atomic mass is 19.3. The first-order valence-corrected chi connectivity index (χ1v) is 2.29. The summed E-state index contributed by atoms with van der Waals surface area (Å²) in [6.45, 7) is -0.848. The Morgan fingerprint density at radius 1 is 1.78 bits per heavy atom. The lowest BCUT2D eigenvalue weighted by Gasteiger charge is -2.00. The zero-order chi connectivity index (χ0) is 7.28. The molecule has 0 aromatic heterocycles. The fourth-order valence-electron chi connectivity index (χ4n) is 0.211. The topological polar surface area (TPSA) is 38.3 Å². The molecule has 0 fully saturated rings. The van der Waals surface area contributed by atoms with Crippen LogP contribution in [0.5, 0.6) is 0 Å². The van der Waals surface area contributed by atoms with Crippen LogP contribution in [0.1, 0.15) is 0 Å². The number of alkyl halides is 2. The van der Waals surface area contributed by atoms with Gasteiger partial charge in [-0.05, 0) is 0 Å². The maximum Gasteiger partial charge on any atom is 0.407 e. The minimum Gasteiger partial charge on any atom is -0.443 e. The van der Waals surface area contributed by atoms with Gasteiger partial charge in [0.2, 0.25) is 0 Å². The van der Waals surface area contributed by atoms with Crippen LogP contribution >= 0.6 is 0 Å². The molecule has 1 amide bonds. The van der Waals surface area contributed by atoms with E-state index in [-0.39, 0.29) is 0 Å². The van der Waals surface area contributed by atoms with Gasteiger partial charge in [-0.3, -0.25) is 0 Å². The molecular formula is C4H7F2NO2. The minimum atomic E-state index is -2.60. The van der Waals surface area contributed by atoms with Crippen LogP contribution in [0, 0.1) is 0 Å². The average Bonchev–Trinajstić information content (AvgIpc) is 1.83. The fourth-order valence-corrected chi connectivity index (χ4v) is 0.211. The van der Waals surface area contributed by atoms with Gasteiger partial charge in [-0.15, -0.1) is 0 Å². The van der Waals surface area contributed by atoms with Crippen molar-refractivity contribution in [1.82, 2.24) is 5.32 Å². The van der Waals surface area contributed by atoms with Crippen molar-refractivity contribution in [3.05, 3.63) is 0 Å². The first-order chi connectivity index (χ1) is 4.16. The minimum absolute atomic E-state index is 0.838. The van der Waals surface area contributed by atoms with Gasteiger partial charge in [0.15, 0.2) is 6.61 Å². The Balaban J connectivity index is 3.17. The van der Waals surface area contributed by atoms with Crippen LogP contribution in [0.15, 0.2) is 0 Å². The van der Waals surface area contributed by atoms with Gasteiger partial charge in [0.05, 0.1) is 0 Å². The Morgan fingerprint density at radius 2 is 2.33 bits per heavy atom. The number of ether oxygens (including phenoxy) is 1. The van der Waals surface area contributed by atoms with E-state index in [1.165, 1.54) is 7.05 Å². The van der Waals surface area contributed by atoms with Gasteiger partial charge in [0.1, 0.15) is 0 Å². The van der Waals surface area contributed by atoms with Gasteiger partial charge in [-0.1, -0.05) is 0 Å². The van der Waals surface area contributed by atoms with Crippen molar-refractivity contribution in [2.45, 2.75) is 6.43 Å². The zero-order valence-electron chi connectivity index (χ0n) is 4.86. The zero-order valence-corrected chi connectivity index (χ0v) is 4.86.